The molecule has 0 bridgehead atoms. The Morgan fingerprint density at radius 1 is 1.70 bits per heavy atom. The monoisotopic (exact) mass is 156 g/mol. The largest absolute Gasteiger partial charge is 1.00 e. The van der Waals surface area contributed by atoms with E-state index in [2.05, 4.69) is 0 Å². The Morgan fingerprint density at radius 2 is 2.10 bits per heavy atom. The van der Waals surface area contributed by atoms with Crippen LogP contribution in [0, 0.1) is 0 Å². The van der Waals surface area contributed by atoms with Gasteiger partial charge in [-0.3, -0.25) is 0 Å². The SMILES string of the molecule is CC/C(O)=C(/F)C(=O)[O-].[Na+]. The fourth-order valence-corrected chi connectivity index (χ4v) is 0.273. The van der Waals surface area contributed by atoms with Crippen LogP contribution in [0.1, 0.15) is 13.3 Å². The van der Waals surface area contributed by atoms with Gasteiger partial charge in [-0.1, -0.05) is 6.92 Å². The maximum atomic E-state index is 11.9. The van der Waals surface area contributed by atoms with Crippen LogP contribution in [-0.4, -0.2) is 11.1 Å². The molecule has 3 nitrogen and oxygen atoms in total. The second-order valence-electron chi connectivity index (χ2n) is 1.40. The van der Waals surface area contributed by atoms with Crippen LogP contribution >= 0.6 is 0 Å². The van der Waals surface area contributed by atoms with Gasteiger partial charge in [0.15, 0.2) is 5.83 Å². The molecule has 0 aliphatic heterocycles. The quantitative estimate of drug-likeness (QED) is 0.261. The van der Waals surface area contributed by atoms with E-state index in [4.69, 9.17) is 5.11 Å². The first-order valence-corrected chi connectivity index (χ1v) is 2.38. The van der Waals surface area contributed by atoms with Gasteiger partial charge in [0.1, 0.15) is 11.7 Å². The van der Waals surface area contributed by atoms with Crippen molar-refractivity contribution in [3.8, 4) is 0 Å². The molecule has 0 fully saturated rings. The first-order valence-electron chi connectivity index (χ1n) is 2.38. The number of carboxylic acids is 1. The summed E-state index contributed by atoms with van der Waals surface area (Å²) in [6, 6.07) is 0. The Morgan fingerprint density at radius 3 is 2.20 bits per heavy atom. The second-order valence-corrected chi connectivity index (χ2v) is 1.40. The van der Waals surface area contributed by atoms with Gasteiger partial charge >= 0.3 is 29.6 Å². The van der Waals surface area contributed by atoms with Crippen LogP contribution in [0.25, 0.3) is 0 Å². The Hall–Kier alpha value is -0.0600. The molecule has 0 aliphatic rings. The summed E-state index contributed by atoms with van der Waals surface area (Å²) >= 11 is 0. The molecule has 0 saturated carbocycles. The number of hydrogen-bond donors (Lipinski definition) is 1. The van der Waals surface area contributed by atoms with E-state index < -0.39 is 17.6 Å². The van der Waals surface area contributed by atoms with Gasteiger partial charge < -0.3 is 15.0 Å². The van der Waals surface area contributed by atoms with Crippen LogP contribution in [0.2, 0.25) is 0 Å². The summed E-state index contributed by atoms with van der Waals surface area (Å²) < 4.78 is 11.9. The molecule has 0 radical (unpaired) electrons. The maximum absolute atomic E-state index is 11.9. The Kier molecular flexibility index (Phi) is 7.19. The smallest absolute Gasteiger partial charge is 0.542 e. The fourth-order valence-electron chi connectivity index (χ4n) is 0.273. The molecule has 5 heteroatoms. The van der Waals surface area contributed by atoms with E-state index in [0.717, 1.165) is 0 Å². The summed E-state index contributed by atoms with van der Waals surface area (Å²) in [7, 11) is 0. The second kappa shape index (κ2) is 5.70. The van der Waals surface area contributed by atoms with Crippen molar-refractivity contribution in [2.24, 2.45) is 0 Å². The van der Waals surface area contributed by atoms with Crippen LogP contribution in [0.5, 0.6) is 0 Å². The molecular formula is C5H6FNaO3. The number of carboxylic acid groups (broad SMARTS) is 1. The van der Waals surface area contributed by atoms with E-state index in [0.29, 0.717) is 0 Å². The summed E-state index contributed by atoms with van der Waals surface area (Å²) in [4.78, 5) is 9.60. The number of rotatable bonds is 2. The Bertz CT molecular complexity index is 155. The third-order valence-corrected chi connectivity index (χ3v) is 0.767. The van der Waals surface area contributed by atoms with E-state index in [9.17, 15) is 14.3 Å². The van der Waals surface area contributed by atoms with Crippen molar-refractivity contribution in [2.45, 2.75) is 13.3 Å². The van der Waals surface area contributed by atoms with E-state index in [-0.39, 0.29) is 36.0 Å². The third-order valence-electron chi connectivity index (χ3n) is 0.767. The molecule has 0 rings (SSSR count). The molecule has 0 spiro atoms. The van der Waals surface area contributed by atoms with Crippen molar-refractivity contribution in [3.05, 3.63) is 11.6 Å². The van der Waals surface area contributed by atoms with E-state index in [1.54, 1.807) is 0 Å². The number of halogens is 1. The van der Waals surface area contributed by atoms with Gasteiger partial charge in [0.2, 0.25) is 0 Å². The van der Waals surface area contributed by atoms with E-state index >= 15 is 0 Å². The van der Waals surface area contributed by atoms with Crippen molar-refractivity contribution < 1.29 is 49.0 Å². The summed E-state index contributed by atoms with van der Waals surface area (Å²) in [5, 5.41) is 18.0. The molecule has 0 atom stereocenters. The van der Waals surface area contributed by atoms with Crippen LogP contribution in [0.3, 0.4) is 0 Å². The molecule has 0 saturated heterocycles. The minimum Gasteiger partial charge on any atom is -0.542 e. The zero-order valence-electron chi connectivity index (χ0n) is 5.85. The van der Waals surface area contributed by atoms with E-state index in [1.165, 1.54) is 6.92 Å². The third kappa shape index (κ3) is 3.87. The molecule has 0 aromatic heterocycles. The molecule has 0 aliphatic carbocycles. The Labute approximate surface area is 79.8 Å². The minimum absolute atomic E-state index is 0. The molecular weight excluding hydrogens is 150 g/mol. The van der Waals surface area contributed by atoms with Gasteiger partial charge in [0.25, 0.3) is 0 Å². The normalized spacial score (nSPS) is 11.4. The molecule has 0 heterocycles. The van der Waals surface area contributed by atoms with Gasteiger partial charge in [0, 0.05) is 6.42 Å². The number of allylic oxidation sites excluding steroid dienone is 1. The summed E-state index contributed by atoms with van der Waals surface area (Å²) in [6.07, 6.45) is -0.0419. The number of aliphatic hydroxyl groups excluding tert-OH is 1. The number of aliphatic hydroxyl groups is 1. The first-order chi connectivity index (χ1) is 4.09. The van der Waals surface area contributed by atoms with Crippen LogP contribution in [0.4, 0.5) is 4.39 Å². The number of aliphatic carboxylic acids is 1. The average molecular weight is 156 g/mol. The average Bonchev–Trinajstić information content (AvgIpc) is 1.84. The zero-order chi connectivity index (χ0) is 7.44. The Balaban J connectivity index is 0. The van der Waals surface area contributed by atoms with Gasteiger partial charge in [-0.25, -0.2) is 4.39 Å². The number of carbonyl (C=O) groups is 1. The topological polar surface area (TPSA) is 60.4 Å². The fraction of sp³-hybridized carbons (Fsp3) is 0.400. The van der Waals surface area contributed by atoms with Crippen LogP contribution in [-0.2, 0) is 4.79 Å². The zero-order valence-corrected chi connectivity index (χ0v) is 7.85. The molecule has 0 unspecified atom stereocenters. The first kappa shape index (κ1) is 12.6. The van der Waals surface area contributed by atoms with Gasteiger partial charge in [-0.15, -0.1) is 0 Å². The predicted molar refractivity (Wildman–Crippen MR) is 26.1 cm³/mol. The van der Waals surface area contributed by atoms with Crippen molar-refractivity contribution in [1.29, 1.82) is 0 Å². The molecule has 10 heavy (non-hydrogen) atoms. The molecule has 0 amide bonds. The summed E-state index contributed by atoms with van der Waals surface area (Å²) in [5.41, 5.74) is 0. The maximum Gasteiger partial charge on any atom is 1.00 e. The van der Waals surface area contributed by atoms with Crippen molar-refractivity contribution in [3.63, 3.8) is 0 Å². The molecule has 52 valence electrons. The van der Waals surface area contributed by atoms with Gasteiger partial charge in [-0.2, -0.15) is 0 Å². The van der Waals surface area contributed by atoms with Crippen molar-refractivity contribution in [1.82, 2.24) is 0 Å². The molecule has 0 aromatic carbocycles. The minimum atomic E-state index is -1.98. The van der Waals surface area contributed by atoms with Crippen molar-refractivity contribution >= 4 is 5.97 Å². The van der Waals surface area contributed by atoms with Gasteiger partial charge in [-0.05, 0) is 0 Å². The number of carbonyl (C=O) groups excluding carboxylic acids is 1. The molecule has 0 aromatic rings. The van der Waals surface area contributed by atoms with Gasteiger partial charge in [0.05, 0.1) is 0 Å². The summed E-state index contributed by atoms with van der Waals surface area (Å²) in [6.45, 7) is 1.43. The standard InChI is InChI=1S/C5H7FO3.Na/c1-2-3(7)4(6)5(8)9;/h7H,2H2,1H3,(H,8,9);/q;+1/p-1/b4-3-;. The van der Waals surface area contributed by atoms with Crippen molar-refractivity contribution in [2.75, 3.05) is 0 Å². The molecule has 1 N–H and O–H groups in total. The van der Waals surface area contributed by atoms with E-state index in [1.807, 2.05) is 0 Å². The van der Waals surface area contributed by atoms with Crippen LogP contribution < -0.4 is 34.7 Å². The number of hydrogen-bond acceptors (Lipinski definition) is 3. The summed E-state index contributed by atoms with van der Waals surface area (Å²) in [5.74, 6) is -4.35. The van der Waals surface area contributed by atoms with Crippen LogP contribution in [0.15, 0.2) is 11.6 Å². The predicted octanol–water partition coefficient (Wildman–Crippen LogP) is -3.11.